The summed E-state index contributed by atoms with van der Waals surface area (Å²) in [6, 6.07) is 7.56. The van der Waals surface area contributed by atoms with Crippen molar-refractivity contribution in [3.8, 4) is 0 Å². The van der Waals surface area contributed by atoms with E-state index in [0.717, 1.165) is 11.3 Å². The molecule has 0 aromatic heterocycles. The van der Waals surface area contributed by atoms with E-state index < -0.39 is 6.10 Å². The van der Waals surface area contributed by atoms with Crippen molar-refractivity contribution >= 4 is 11.6 Å². The minimum absolute atomic E-state index is 0.0462. The summed E-state index contributed by atoms with van der Waals surface area (Å²) in [7, 11) is 0. The summed E-state index contributed by atoms with van der Waals surface area (Å²) in [6.45, 7) is 7.48. The third-order valence-corrected chi connectivity index (χ3v) is 3.78. The Labute approximate surface area is 120 Å². The molecule has 2 unspecified atom stereocenters. The number of hydrogen-bond acceptors (Lipinski definition) is 3. The van der Waals surface area contributed by atoms with Gasteiger partial charge in [0.15, 0.2) is 0 Å². The molecule has 0 aliphatic carbocycles. The number of aliphatic hydroxyl groups excluding tert-OH is 1. The molecule has 2 rings (SSSR count). The smallest absolute Gasteiger partial charge is 0.242 e. The van der Waals surface area contributed by atoms with E-state index in [9.17, 15) is 9.90 Å². The van der Waals surface area contributed by atoms with Crippen molar-refractivity contribution in [1.29, 1.82) is 0 Å². The van der Waals surface area contributed by atoms with E-state index in [1.54, 1.807) is 0 Å². The molecule has 0 bridgehead atoms. The van der Waals surface area contributed by atoms with Gasteiger partial charge in [0.05, 0.1) is 6.10 Å². The fourth-order valence-electron chi connectivity index (χ4n) is 2.56. The fourth-order valence-corrected chi connectivity index (χ4v) is 2.56. The van der Waals surface area contributed by atoms with Gasteiger partial charge in [0.2, 0.25) is 5.91 Å². The molecule has 0 spiro atoms. The molecule has 0 fully saturated rings. The Bertz CT molecular complexity index is 473. The predicted octanol–water partition coefficient (Wildman–Crippen LogP) is 2.09. The van der Waals surface area contributed by atoms with Crippen LogP contribution < -0.4 is 10.2 Å². The first-order chi connectivity index (χ1) is 9.50. The van der Waals surface area contributed by atoms with Gasteiger partial charge in [0, 0.05) is 24.3 Å². The Kier molecular flexibility index (Phi) is 4.65. The molecule has 0 radical (unpaired) electrons. The summed E-state index contributed by atoms with van der Waals surface area (Å²) < 4.78 is 0. The van der Waals surface area contributed by atoms with Crippen molar-refractivity contribution in [2.75, 3.05) is 18.0 Å². The Morgan fingerprint density at radius 2 is 2.10 bits per heavy atom. The maximum atomic E-state index is 12.2. The molecule has 4 nitrogen and oxygen atoms in total. The molecule has 4 heteroatoms. The van der Waals surface area contributed by atoms with Crippen LogP contribution in [0.5, 0.6) is 0 Å². The molecule has 2 atom stereocenters. The molecular weight excluding hydrogens is 252 g/mol. The van der Waals surface area contributed by atoms with Gasteiger partial charge in [-0.15, -0.1) is 0 Å². The summed E-state index contributed by atoms with van der Waals surface area (Å²) in [5, 5.41) is 13.0. The van der Waals surface area contributed by atoms with Crippen molar-refractivity contribution in [2.45, 2.75) is 39.3 Å². The number of aliphatic hydroxyl groups is 1. The molecule has 1 amide bonds. The average molecular weight is 276 g/mol. The van der Waals surface area contributed by atoms with E-state index in [-0.39, 0.29) is 11.9 Å². The molecule has 1 aliphatic rings. The zero-order valence-corrected chi connectivity index (χ0v) is 12.5. The van der Waals surface area contributed by atoms with Crippen LogP contribution >= 0.6 is 0 Å². The van der Waals surface area contributed by atoms with Crippen LogP contribution in [0.2, 0.25) is 0 Å². The van der Waals surface area contributed by atoms with Crippen LogP contribution in [0.4, 0.5) is 5.69 Å². The van der Waals surface area contributed by atoms with Crippen LogP contribution in [0.1, 0.15) is 38.9 Å². The number of rotatable bonds is 4. The van der Waals surface area contributed by atoms with Gasteiger partial charge in [-0.1, -0.05) is 32.0 Å². The van der Waals surface area contributed by atoms with Crippen LogP contribution in [0.25, 0.3) is 0 Å². The summed E-state index contributed by atoms with van der Waals surface area (Å²) >= 11 is 0. The van der Waals surface area contributed by atoms with Crippen LogP contribution in [-0.2, 0) is 4.79 Å². The Morgan fingerprint density at radius 1 is 1.40 bits per heavy atom. The standard InChI is InChI=1S/C16H24N2O2/c1-11(2)10-17-16(20)12(3)18-9-8-15(19)13-6-4-5-7-14(13)18/h4-7,11-12,15,19H,8-10H2,1-3H3,(H,17,20). The molecule has 20 heavy (non-hydrogen) atoms. The fraction of sp³-hybridized carbons (Fsp3) is 0.562. The number of anilines is 1. The van der Waals surface area contributed by atoms with Gasteiger partial charge in [-0.3, -0.25) is 4.79 Å². The van der Waals surface area contributed by atoms with Crippen molar-refractivity contribution in [1.82, 2.24) is 5.32 Å². The van der Waals surface area contributed by atoms with Gasteiger partial charge < -0.3 is 15.3 Å². The normalized spacial score (nSPS) is 19.6. The maximum absolute atomic E-state index is 12.2. The van der Waals surface area contributed by atoms with E-state index in [4.69, 9.17) is 0 Å². The molecule has 0 saturated heterocycles. The molecular formula is C16H24N2O2. The number of carbonyl (C=O) groups is 1. The summed E-state index contributed by atoms with van der Waals surface area (Å²) in [4.78, 5) is 14.3. The molecule has 2 N–H and O–H groups in total. The van der Waals surface area contributed by atoms with Crippen molar-refractivity contribution in [3.05, 3.63) is 29.8 Å². The number of nitrogens with one attached hydrogen (secondary N) is 1. The lowest BCUT2D eigenvalue weighted by atomic mass is 9.97. The Hall–Kier alpha value is -1.55. The van der Waals surface area contributed by atoms with Crippen molar-refractivity contribution < 1.29 is 9.90 Å². The van der Waals surface area contributed by atoms with Gasteiger partial charge in [-0.2, -0.15) is 0 Å². The van der Waals surface area contributed by atoms with Gasteiger partial charge in [-0.05, 0) is 25.3 Å². The highest BCUT2D eigenvalue weighted by atomic mass is 16.3. The highest BCUT2D eigenvalue weighted by molar-refractivity contribution is 5.85. The van der Waals surface area contributed by atoms with Gasteiger partial charge >= 0.3 is 0 Å². The van der Waals surface area contributed by atoms with E-state index >= 15 is 0 Å². The largest absolute Gasteiger partial charge is 0.388 e. The van der Waals surface area contributed by atoms with Crippen LogP contribution in [0.3, 0.4) is 0 Å². The topological polar surface area (TPSA) is 52.6 Å². The quantitative estimate of drug-likeness (QED) is 0.885. The molecule has 1 aliphatic heterocycles. The van der Waals surface area contributed by atoms with Crippen LogP contribution in [0, 0.1) is 5.92 Å². The lowest BCUT2D eigenvalue weighted by Crippen LogP contribution is -2.48. The highest BCUT2D eigenvalue weighted by Crippen LogP contribution is 2.34. The lowest BCUT2D eigenvalue weighted by Gasteiger charge is -2.37. The summed E-state index contributed by atoms with van der Waals surface area (Å²) in [5.74, 6) is 0.492. The maximum Gasteiger partial charge on any atom is 0.242 e. The van der Waals surface area contributed by atoms with Gasteiger partial charge in [0.1, 0.15) is 6.04 Å². The number of carbonyl (C=O) groups excluding carboxylic acids is 1. The van der Waals surface area contributed by atoms with Crippen molar-refractivity contribution in [2.24, 2.45) is 5.92 Å². The molecule has 1 aromatic carbocycles. The first-order valence-corrected chi connectivity index (χ1v) is 7.32. The second-order valence-electron chi connectivity index (χ2n) is 5.87. The third-order valence-electron chi connectivity index (χ3n) is 3.78. The van der Waals surface area contributed by atoms with Gasteiger partial charge in [-0.25, -0.2) is 0 Å². The molecule has 110 valence electrons. The number of para-hydroxylation sites is 1. The zero-order chi connectivity index (χ0) is 14.7. The molecule has 0 saturated carbocycles. The second-order valence-corrected chi connectivity index (χ2v) is 5.87. The number of fused-ring (bicyclic) bond motifs is 1. The van der Waals surface area contributed by atoms with Gasteiger partial charge in [0.25, 0.3) is 0 Å². The predicted molar refractivity (Wildman–Crippen MR) is 80.7 cm³/mol. The average Bonchev–Trinajstić information content (AvgIpc) is 2.44. The lowest BCUT2D eigenvalue weighted by molar-refractivity contribution is -0.122. The van der Waals surface area contributed by atoms with E-state index in [1.165, 1.54) is 0 Å². The number of amides is 1. The van der Waals surface area contributed by atoms with Crippen molar-refractivity contribution in [3.63, 3.8) is 0 Å². The Balaban J connectivity index is 2.13. The van der Waals surface area contributed by atoms with Crippen LogP contribution in [0.15, 0.2) is 24.3 Å². The van der Waals surface area contributed by atoms with E-state index in [0.29, 0.717) is 25.4 Å². The Morgan fingerprint density at radius 3 is 2.80 bits per heavy atom. The number of hydrogen-bond donors (Lipinski definition) is 2. The first kappa shape index (κ1) is 14.9. The highest BCUT2D eigenvalue weighted by Gasteiger charge is 2.29. The first-order valence-electron chi connectivity index (χ1n) is 7.32. The van der Waals surface area contributed by atoms with Crippen LogP contribution in [-0.4, -0.2) is 30.1 Å². The number of benzene rings is 1. The summed E-state index contributed by atoms with van der Waals surface area (Å²) in [6.07, 6.45) is 0.243. The van der Waals surface area contributed by atoms with E-state index in [2.05, 4.69) is 24.1 Å². The monoisotopic (exact) mass is 276 g/mol. The number of nitrogens with zero attached hydrogens (tertiary/aromatic N) is 1. The second kappa shape index (κ2) is 6.27. The molecule has 1 aromatic rings. The SMILES string of the molecule is CC(C)CNC(=O)C(C)N1CCC(O)c2ccccc21. The minimum Gasteiger partial charge on any atom is -0.388 e. The zero-order valence-electron chi connectivity index (χ0n) is 12.5. The third kappa shape index (κ3) is 3.12. The minimum atomic E-state index is -0.423. The summed E-state index contributed by atoms with van der Waals surface area (Å²) in [5.41, 5.74) is 1.89. The van der Waals surface area contributed by atoms with E-state index in [1.807, 2.05) is 31.2 Å². The molecule has 1 heterocycles.